The highest BCUT2D eigenvalue weighted by atomic mass is 16.1. The molecule has 0 unspecified atom stereocenters. The summed E-state index contributed by atoms with van der Waals surface area (Å²) in [6.07, 6.45) is 0. The van der Waals surface area contributed by atoms with E-state index < -0.39 is 0 Å². The summed E-state index contributed by atoms with van der Waals surface area (Å²) in [5.41, 5.74) is 2.91. The van der Waals surface area contributed by atoms with E-state index in [-0.39, 0.29) is 5.91 Å². The Hall–Kier alpha value is -1.55. The molecule has 4 nitrogen and oxygen atoms in total. The number of amides is 1. The average Bonchev–Trinajstić information content (AvgIpc) is 2.24. The molecule has 0 aliphatic carbocycles. The van der Waals surface area contributed by atoms with Crippen LogP contribution in [0.2, 0.25) is 0 Å². The van der Waals surface area contributed by atoms with E-state index in [1.165, 1.54) is 5.56 Å². The molecule has 1 saturated heterocycles. The van der Waals surface area contributed by atoms with E-state index in [0.29, 0.717) is 11.6 Å². The van der Waals surface area contributed by atoms with E-state index in [9.17, 15) is 4.79 Å². The second-order valence-electron chi connectivity index (χ2n) is 4.11. The van der Waals surface area contributed by atoms with Crippen LogP contribution in [0.1, 0.15) is 15.9 Å². The van der Waals surface area contributed by atoms with Gasteiger partial charge in [0.25, 0.3) is 5.91 Å². The van der Waals surface area contributed by atoms with Crippen LogP contribution in [-0.4, -0.2) is 32.1 Å². The van der Waals surface area contributed by atoms with Gasteiger partial charge in [-0.05, 0) is 24.6 Å². The van der Waals surface area contributed by atoms with Gasteiger partial charge in [-0.25, -0.2) is 0 Å². The summed E-state index contributed by atoms with van der Waals surface area (Å²) in [5, 5.41) is 9.26. The van der Waals surface area contributed by atoms with E-state index in [0.717, 1.165) is 18.8 Å². The summed E-state index contributed by atoms with van der Waals surface area (Å²) in [5.74, 6) is -0.0465. The first-order valence-electron chi connectivity index (χ1n) is 5.50. The topological polar surface area (TPSA) is 53.2 Å². The molecule has 0 atom stereocenters. The van der Waals surface area contributed by atoms with Crippen molar-refractivity contribution in [3.8, 4) is 0 Å². The summed E-state index contributed by atoms with van der Waals surface area (Å²) in [7, 11) is 1.64. The van der Waals surface area contributed by atoms with Crippen LogP contribution in [-0.2, 0) is 0 Å². The molecule has 1 aromatic carbocycles. The minimum Gasteiger partial charge on any atom is -0.380 e. The van der Waals surface area contributed by atoms with Gasteiger partial charge in [-0.3, -0.25) is 4.79 Å². The third kappa shape index (κ3) is 2.17. The molecule has 16 heavy (non-hydrogen) atoms. The molecule has 0 bridgehead atoms. The Kier molecular flexibility index (Phi) is 3.10. The maximum atomic E-state index is 11.5. The van der Waals surface area contributed by atoms with Crippen LogP contribution in [0.5, 0.6) is 0 Å². The monoisotopic (exact) mass is 219 g/mol. The number of hydrogen-bond acceptors (Lipinski definition) is 3. The Morgan fingerprint density at radius 2 is 2.19 bits per heavy atom. The normalized spacial score (nSPS) is 15.4. The third-order valence-electron chi connectivity index (χ3n) is 2.87. The Morgan fingerprint density at radius 3 is 2.75 bits per heavy atom. The Balaban J connectivity index is 2.17. The minimum absolute atomic E-state index is 0.0465. The van der Waals surface area contributed by atoms with Gasteiger partial charge in [0.15, 0.2) is 0 Å². The predicted molar refractivity (Wildman–Crippen MR) is 64.8 cm³/mol. The Bertz CT molecular complexity index is 399. The molecule has 0 aromatic heterocycles. The zero-order valence-corrected chi connectivity index (χ0v) is 9.63. The van der Waals surface area contributed by atoms with Crippen molar-refractivity contribution < 1.29 is 4.79 Å². The first-order chi connectivity index (χ1) is 7.70. The Morgan fingerprint density at radius 1 is 1.44 bits per heavy atom. The highest BCUT2D eigenvalue weighted by Gasteiger charge is 2.17. The lowest BCUT2D eigenvalue weighted by atomic mass is 10.1. The molecule has 2 rings (SSSR count). The summed E-state index contributed by atoms with van der Waals surface area (Å²) in [6.45, 7) is 4.02. The molecular formula is C12H17N3O. The maximum Gasteiger partial charge on any atom is 0.251 e. The van der Waals surface area contributed by atoms with Gasteiger partial charge < -0.3 is 16.0 Å². The zero-order chi connectivity index (χ0) is 11.5. The smallest absolute Gasteiger partial charge is 0.251 e. The number of carbonyl (C=O) groups excluding carboxylic acids is 1. The molecule has 1 fully saturated rings. The lowest BCUT2D eigenvalue weighted by molar-refractivity contribution is 0.0963. The number of benzene rings is 1. The predicted octanol–water partition coefficient (Wildman–Crippen LogP) is 0.738. The van der Waals surface area contributed by atoms with E-state index in [2.05, 4.69) is 16.0 Å². The second kappa shape index (κ2) is 4.53. The maximum absolute atomic E-state index is 11.5. The molecule has 4 heteroatoms. The fraction of sp³-hybridized carbons (Fsp3) is 0.417. The SMILES string of the molecule is CNC(=O)c1ccc(C)c(NC2CNC2)c1. The highest BCUT2D eigenvalue weighted by molar-refractivity contribution is 5.95. The van der Waals surface area contributed by atoms with Crippen molar-refractivity contribution in [3.63, 3.8) is 0 Å². The van der Waals surface area contributed by atoms with Gasteiger partial charge in [0, 0.05) is 31.4 Å². The molecule has 1 aliphatic rings. The lowest BCUT2D eigenvalue weighted by Gasteiger charge is -2.29. The van der Waals surface area contributed by atoms with E-state index in [1.807, 2.05) is 25.1 Å². The van der Waals surface area contributed by atoms with Gasteiger partial charge in [0.2, 0.25) is 0 Å². The number of anilines is 1. The minimum atomic E-state index is -0.0465. The molecule has 86 valence electrons. The Labute approximate surface area is 95.4 Å². The largest absolute Gasteiger partial charge is 0.380 e. The first kappa shape index (κ1) is 11.0. The molecule has 1 heterocycles. The van der Waals surface area contributed by atoms with Gasteiger partial charge in [-0.15, -0.1) is 0 Å². The number of hydrogen-bond donors (Lipinski definition) is 3. The lowest BCUT2D eigenvalue weighted by Crippen LogP contribution is -2.51. The molecule has 0 radical (unpaired) electrons. The van der Waals surface area contributed by atoms with Crippen LogP contribution in [0.15, 0.2) is 18.2 Å². The number of rotatable bonds is 3. The summed E-state index contributed by atoms with van der Waals surface area (Å²) in [4.78, 5) is 11.5. The second-order valence-corrected chi connectivity index (χ2v) is 4.11. The number of aryl methyl sites for hydroxylation is 1. The van der Waals surface area contributed by atoms with Crippen LogP contribution in [0.25, 0.3) is 0 Å². The highest BCUT2D eigenvalue weighted by Crippen LogP contribution is 2.18. The van der Waals surface area contributed by atoms with Crippen LogP contribution >= 0.6 is 0 Å². The fourth-order valence-corrected chi connectivity index (χ4v) is 1.67. The summed E-state index contributed by atoms with van der Waals surface area (Å²) >= 11 is 0. The van der Waals surface area contributed by atoms with Crippen LogP contribution in [0, 0.1) is 6.92 Å². The van der Waals surface area contributed by atoms with Crippen LogP contribution in [0.4, 0.5) is 5.69 Å². The van der Waals surface area contributed by atoms with Crippen molar-refractivity contribution >= 4 is 11.6 Å². The van der Waals surface area contributed by atoms with Crippen LogP contribution < -0.4 is 16.0 Å². The third-order valence-corrected chi connectivity index (χ3v) is 2.87. The number of nitrogens with one attached hydrogen (secondary N) is 3. The van der Waals surface area contributed by atoms with Gasteiger partial charge in [0.05, 0.1) is 6.04 Å². The standard InChI is InChI=1S/C12H17N3O/c1-8-3-4-9(12(16)13-2)5-11(8)15-10-6-14-7-10/h3-5,10,14-15H,6-7H2,1-2H3,(H,13,16). The quantitative estimate of drug-likeness (QED) is 0.703. The molecule has 0 saturated carbocycles. The van der Waals surface area contributed by atoms with Crippen LogP contribution in [0.3, 0.4) is 0 Å². The zero-order valence-electron chi connectivity index (χ0n) is 9.63. The molecular weight excluding hydrogens is 202 g/mol. The van der Waals surface area contributed by atoms with E-state index >= 15 is 0 Å². The van der Waals surface area contributed by atoms with E-state index in [1.54, 1.807) is 7.05 Å². The van der Waals surface area contributed by atoms with Crippen molar-refractivity contribution in [1.82, 2.24) is 10.6 Å². The summed E-state index contributed by atoms with van der Waals surface area (Å²) in [6, 6.07) is 6.21. The van der Waals surface area contributed by atoms with Crippen molar-refractivity contribution in [1.29, 1.82) is 0 Å². The van der Waals surface area contributed by atoms with E-state index in [4.69, 9.17) is 0 Å². The molecule has 0 spiro atoms. The van der Waals surface area contributed by atoms with Gasteiger partial charge >= 0.3 is 0 Å². The van der Waals surface area contributed by atoms with Crippen molar-refractivity contribution in [2.75, 3.05) is 25.5 Å². The average molecular weight is 219 g/mol. The molecule has 3 N–H and O–H groups in total. The first-order valence-corrected chi connectivity index (χ1v) is 5.50. The fourth-order valence-electron chi connectivity index (χ4n) is 1.67. The summed E-state index contributed by atoms with van der Waals surface area (Å²) < 4.78 is 0. The van der Waals surface area contributed by atoms with Crippen molar-refractivity contribution in [2.24, 2.45) is 0 Å². The number of carbonyl (C=O) groups is 1. The van der Waals surface area contributed by atoms with Gasteiger partial charge in [-0.1, -0.05) is 6.07 Å². The van der Waals surface area contributed by atoms with Gasteiger partial charge in [0.1, 0.15) is 0 Å². The molecule has 1 aliphatic heterocycles. The van der Waals surface area contributed by atoms with Crippen molar-refractivity contribution in [2.45, 2.75) is 13.0 Å². The van der Waals surface area contributed by atoms with Gasteiger partial charge in [-0.2, -0.15) is 0 Å². The molecule has 1 aromatic rings. The van der Waals surface area contributed by atoms with Crippen molar-refractivity contribution in [3.05, 3.63) is 29.3 Å². The molecule has 1 amide bonds.